The second-order valence-electron chi connectivity index (χ2n) is 5.44. The Hall–Kier alpha value is -2.58. The first-order valence-electron chi connectivity index (χ1n) is 8.20. The van der Waals surface area contributed by atoms with E-state index in [0.717, 1.165) is 21.8 Å². The van der Waals surface area contributed by atoms with Crippen molar-refractivity contribution >= 4 is 57.4 Å². The maximum atomic E-state index is 4.35. The highest BCUT2D eigenvalue weighted by atomic mass is 32.1. The summed E-state index contributed by atoms with van der Waals surface area (Å²) < 4.78 is 0. The van der Waals surface area contributed by atoms with Crippen molar-refractivity contribution in [2.75, 3.05) is 7.05 Å². The van der Waals surface area contributed by atoms with E-state index in [2.05, 4.69) is 86.9 Å². The van der Waals surface area contributed by atoms with Gasteiger partial charge in [0.15, 0.2) is 10.3 Å². The third-order valence-electron chi connectivity index (χ3n) is 3.51. The molecule has 3 aromatic rings. The molecule has 6 nitrogen and oxygen atoms in total. The molecule has 0 radical (unpaired) electrons. The number of hydrogen-bond acceptors (Lipinski definition) is 4. The number of fused-ring (bicyclic) bond motifs is 3. The van der Waals surface area contributed by atoms with Gasteiger partial charge in [-0.1, -0.05) is 30.3 Å². The van der Waals surface area contributed by atoms with Crippen LogP contribution in [0.15, 0.2) is 71.4 Å². The molecule has 2 aromatic heterocycles. The summed E-state index contributed by atoms with van der Waals surface area (Å²) in [4.78, 5) is 16.6. The number of aliphatic imine (C=N–C) groups is 2. The smallest absolute Gasteiger partial charge is 0.172 e. The standard InChI is InChI=1S/C12H8N2.C7H14N4S2/c1-3-9-5-6-10-4-2-8-14-12(10)11(9)13-7-1;1-4-5(2)9-7(13)11-10-6(12)8-3/h1-8H;4-5H,1H2,2-3H3,(H2,8,10,12)(H2,9,11,13). The van der Waals surface area contributed by atoms with Crippen molar-refractivity contribution in [2.24, 2.45) is 9.98 Å². The zero-order chi connectivity index (χ0) is 19.6. The second-order valence-corrected chi connectivity index (χ2v) is 6.29. The molecule has 0 bridgehead atoms. The number of benzene rings is 1. The van der Waals surface area contributed by atoms with Crippen LogP contribution in [0.3, 0.4) is 0 Å². The van der Waals surface area contributed by atoms with Gasteiger partial charge in [-0.2, -0.15) is 0 Å². The number of aromatic nitrogens is 2. The van der Waals surface area contributed by atoms with Crippen molar-refractivity contribution in [3.05, 3.63) is 61.4 Å². The van der Waals surface area contributed by atoms with Gasteiger partial charge in [0.2, 0.25) is 0 Å². The van der Waals surface area contributed by atoms with Crippen molar-refractivity contribution in [3.63, 3.8) is 0 Å². The first-order chi connectivity index (χ1) is 13.0. The molecule has 140 valence electrons. The van der Waals surface area contributed by atoms with Crippen LogP contribution in [-0.2, 0) is 0 Å². The molecule has 0 aliphatic heterocycles. The molecule has 1 atom stereocenters. The number of hydrazine groups is 1. The zero-order valence-corrected chi connectivity index (χ0v) is 17.0. The van der Waals surface area contributed by atoms with Gasteiger partial charge in [0.05, 0.1) is 17.1 Å². The van der Waals surface area contributed by atoms with Gasteiger partial charge in [0.1, 0.15) is 0 Å². The fraction of sp³-hybridized carbons (Fsp3) is 0.158. The fourth-order valence-corrected chi connectivity index (χ4v) is 2.42. The van der Waals surface area contributed by atoms with Crippen LogP contribution in [0.2, 0.25) is 0 Å². The summed E-state index contributed by atoms with van der Waals surface area (Å²) in [6.45, 7) is 5.50. The van der Waals surface area contributed by atoms with E-state index >= 15 is 0 Å². The summed E-state index contributed by atoms with van der Waals surface area (Å²) >= 11 is 8.06. The van der Waals surface area contributed by atoms with Crippen molar-refractivity contribution in [1.29, 1.82) is 0 Å². The number of nitrogens with zero attached hydrogens (tertiary/aromatic N) is 4. The maximum absolute atomic E-state index is 4.35. The van der Waals surface area contributed by atoms with Crippen molar-refractivity contribution in [3.8, 4) is 0 Å². The van der Waals surface area contributed by atoms with Crippen molar-refractivity contribution in [1.82, 2.24) is 20.8 Å². The summed E-state index contributed by atoms with van der Waals surface area (Å²) in [5.74, 6) is 0. The zero-order valence-electron chi connectivity index (χ0n) is 15.2. The minimum atomic E-state index is 0.0312. The van der Waals surface area contributed by atoms with E-state index in [1.54, 1.807) is 25.5 Å². The third kappa shape index (κ3) is 6.26. The average molecular weight is 399 g/mol. The number of hydrogen-bond donors (Lipinski definition) is 4. The van der Waals surface area contributed by atoms with Crippen LogP contribution < -0.4 is 10.9 Å². The Morgan fingerprint density at radius 1 is 1.00 bits per heavy atom. The molecule has 3 rings (SSSR count). The number of nitrogens with one attached hydrogen (secondary N) is 2. The van der Waals surface area contributed by atoms with Crippen LogP contribution in [0.5, 0.6) is 0 Å². The number of thiol groups is 2. The molecule has 1 unspecified atom stereocenters. The van der Waals surface area contributed by atoms with Gasteiger partial charge in [-0.15, -0.1) is 31.8 Å². The van der Waals surface area contributed by atoms with Gasteiger partial charge in [-0.3, -0.25) is 30.8 Å². The van der Waals surface area contributed by atoms with E-state index in [1.165, 1.54) is 0 Å². The Bertz CT molecular complexity index is 916. The predicted molar refractivity (Wildman–Crippen MR) is 122 cm³/mol. The first-order valence-corrected chi connectivity index (χ1v) is 9.10. The van der Waals surface area contributed by atoms with E-state index < -0.39 is 0 Å². The molecular formula is C19H22N6S2. The quantitative estimate of drug-likeness (QED) is 0.133. The molecule has 0 amide bonds. The molecule has 27 heavy (non-hydrogen) atoms. The summed E-state index contributed by atoms with van der Waals surface area (Å²) in [6, 6.07) is 12.2. The summed E-state index contributed by atoms with van der Waals surface area (Å²) in [5.41, 5.74) is 7.35. The van der Waals surface area contributed by atoms with Gasteiger partial charge >= 0.3 is 0 Å². The molecule has 0 aliphatic carbocycles. The van der Waals surface area contributed by atoms with Crippen LogP contribution in [-0.4, -0.2) is 33.4 Å². The number of rotatable bonds is 2. The summed E-state index contributed by atoms with van der Waals surface area (Å²) in [7, 11) is 1.62. The van der Waals surface area contributed by atoms with Gasteiger partial charge < -0.3 is 0 Å². The van der Waals surface area contributed by atoms with Crippen molar-refractivity contribution < 1.29 is 0 Å². The molecule has 2 N–H and O–H groups in total. The minimum Gasteiger partial charge on any atom is -0.277 e. The lowest BCUT2D eigenvalue weighted by Gasteiger charge is -2.07. The fourth-order valence-electron chi connectivity index (χ4n) is 2.13. The molecule has 0 aliphatic rings. The van der Waals surface area contributed by atoms with Crippen LogP contribution >= 0.6 is 25.3 Å². The van der Waals surface area contributed by atoms with E-state index in [4.69, 9.17) is 0 Å². The largest absolute Gasteiger partial charge is 0.277 e. The summed E-state index contributed by atoms with van der Waals surface area (Å²) in [6.07, 6.45) is 5.32. The lowest BCUT2D eigenvalue weighted by molar-refractivity contribution is 0.854. The van der Waals surface area contributed by atoms with Gasteiger partial charge in [0.25, 0.3) is 0 Å². The normalized spacial score (nSPS) is 12.9. The average Bonchev–Trinajstić information content (AvgIpc) is 2.72. The number of pyridine rings is 2. The molecule has 0 saturated heterocycles. The van der Waals surface area contributed by atoms with E-state index in [1.807, 2.05) is 19.1 Å². The predicted octanol–water partition coefficient (Wildman–Crippen LogP) is 3.64. The van der Waals surface area contributed by atoms with Gasteiger partial charge in [-0.05, 0) is 19.1 Å². The van der Waals surface area contributed by atoms with Crippen molar-refractivity contribution in [2.45, 2.75) is 13.0 Å². The highest BCUT2D eigenvalue weighted by Gasteiger charge is 2.00. The third-order valence-corrected chi connectivity index (χ3v) is 4.05. The molecule has 8 heteroatoms. The molecule has 2 heterocycles. The topological polar surface area (TPSA) is 74.6 Å². The van der Waals surface area contributed by atoms with E-state index in [-0.39, 0.29) is 6.04 Å². The van der Waals surface area contributed by atoms with Crippen LogP contribution in [0.1, 0.15) is 6.92 Å². The van der Waals surface area contributed by atoms with Crippen LogP contribution in [0, 0.1) is 0 Å². The Morgan fingerprint density at radius 2 is 1.52 bits per heavy atom. The Morgan fingerprint density at radius 3 is 2.00 bits per heavy atom. The van der Waals surface area contributed by atoms with Crippen LogP contribution in [0.25, 0.3) is 21.8 Å². The molecule has 0 fully saturated rings. The minimum absolute atomic E-state index is 0.0312. The van der Waals surface area contributed by atoms with Crippen LogP contribution in [0.4, 0.5) is 0 Å². The maximum Gasteiger partial charge on any atom is 0.172 e. The Kier molecular flexibility index (Phi) is 8.09. The molecule has 0 saturated carbocycles. The van der Waals surface area contributed by atoms with Gasteiger partial charge in [0, 0.05) is 30.2 Å². The lowest BCUT2D eigenvalue weighted by atomic mass is 10.1. The van der Waals surface area contributed by atoms with Gasteiger partial charge in [-0.25, -0.2) is 0 Å². The SMILES string of the molecule is C=CC(C)N=C(S)NNC(S)=NC.c1cnc2c(c1)ccc1cccnc12. The molecule has 1 aromatic carbocycles. The lowest BCUT2D eigenvalue weighted by Crippen LogP contribution is -2.37. The number of amidine groups is 2. The monoisotopic (exact) mass is 398 g/mol. The highest BCUT2D eigenvalue weighted by Crippen LogP contribution is 2.20. The Labute approximate surface area is 169 Å². The van der Waals surface area contributed by atoms with E-state index in [9.17, 15) is 0 Å². The summed E-state index contributed by atoms with van der Waals surface area (Å²) in [5, 5.41) is 3.20. The highest BCUT2D eigenvalue weighted by molar-refractivity contribution is 7.97. The van der Waals surface area contributed by atoms with E-state index in [0.29, 0.717) is 10.3 Å². The molecule has 0 spiro atoms. The molecular weight excluding hydrogens is 376 g/mol. The first kappa shape index (κ1) is 20.7. The second kappa shape index (κ2) is 10.5. The Balaban J connectivity index is 0.000000195.